The molecule has 0 aliphatic carbocycles. The van der Waals surface area contributed by atoms with Crippen molar-refractivity contribution in [3.05, 3.63) is 28.7 Å². The van der Waals surface area contributed by atoms with Crippen molar-refractivity contribution in [3.63, 3.8) is 0 Å². The second-order valence-corrected chi connectivity index (χ2v) is 5.96. The summed E-state index contributed by atoms with van der Waals surface area (Å²) in [5.41, 5.74) is 0. The summed E-state index contributed by atoms with van der Waals surface area (Å²) in [5.74, 6) is 0.760. The van der Waals surface area contributed by atoms with E-state index in [1.807, 2.05) is 43.1 Å². The molecule has 1 N–H and O–H groups in total. The van der Waals surface area contributed by atoms with Crippen LogP contribution in [0.15, 0.2) is 28.7 Å². The van der Waals surface area contributed by atoms with E-state index in [4.69, 9.17) is 4.74 Å². The minimum absolute atomic E-state index is 0.0562. The molecule has 1 fully saturated rings. The minimum Gasteiger partial charge on any atom is -0.480 e. The number of likely N-dealkylation sites (N-methyl/N-ethyl adjacent to an activating group) is 1. The van der Waals surface area contributed by atoms with Crippen LogP contribution in [0, 0.1) is 0 Å². The molecule has 5 heteroatoms. The van der Waals surface area contributed by atoms with Gasteiger partial charge in [0.15, 0.2) is 6.10 Å². The van der Waals surface area contributed by atoms with Crippen LogP contribution in [0.1, 0.15) is 19.8 Å². The van der Waals surface area contributed by atoms with Crippen molar-refractivity contribution in [2.75, 3.05) is 20.1 Å². The number of piperidine rings is 1. The smallest absolute Gasteiger partial charge is 0.263 e. The highest BCUT2D eigenvalue weighted by Crippen LogP contribution is 2.25. The zero-order valence-corrected chi connectivity index (χ0v) is 13.5. The number of carbonyl (C=O) groups excluding carboxylic acids is 1. The first-order valence-electron chi connectivity index (χ1n) is 6.99. The number of nitrogens with zero attached hydrogens (tertiary/aromatic N) is 1. The summed E-state index contributed by atoms with van der Waals surface area (Å²) in [4.78, 5) is 14.3. The lowest BCUT2D eigenvalue weighted by Gasteiger charge is -2.34. The minimum atomic E-state index is -0.468. The fourth-order valence-electron chi connectivity index (χ4n) is 2.45. The average Bonchev–Trinajstić information content (AvgIpc) is 2.48. The topological polar surface area (TPSA) is 41.6 Å². The number of hydrogen-bond acceptors (Lipinski definition) is 3. The molecule has 110 valence electrons. The summed E-state index contributed by atoms with van der Waals surface area (Å²) in [5, 5.41) is 3.24. The van der Waals surface area contributed by atoms with E-state index >= 15 is 0 Å². The van der Waals surface area contributed by atoms with Gasteiger partial charge in [-0.25, -0.2) is 0 Å². The predicted octanol–water partition coefficient (Wildman–Crippen LogP) is 2.43. The van der Waals surface area contributed by atoms with Crippen molar-refractivity contribution in [2.24, 2.45) is 0 Å². The monoisotopic (exact) mass is 340 g/mol. The molecule has 0 aromatic heterocycles. The van der Waals surface area contributed by atoms with Gasteiger partial charge >= 0.3 is 0 Å². The van der Waals surface area contributed by atoms with Crippen LogP contribution in [-0.2, 0) is 4.79 Å². The SMILES string of the molecule is CN[C@H]1CCCN(C(=O)[C@H](C)Oc2ccccc2Br)C1. The summed E-state index contributed by atoms with van der Waals surface area (Å²) < 4.78 is 6.64. The van der Waals surface area contributed by atoms with Crippen molar-refractivity contribution in [1.29, 1.82) is 0 Å². The van der Waals surface area contributed by atoms with Gasteiger partial charge in [0.05, 0.1) is 4.47 Å². The fraction of sp³-hybridized carbons (Fsp3) is 0.533. The predicted molar refractivity (Wildman–Crippen MR) is 82.9 cm³/mol. The number of para-hydroxylation sites is 1. The number of nitrogens with one attached hydrogen (secondary N) is 1. The Hall–Kier alpha value is -1.07. The Morgan fingerprint density at radius 2 is 2.25 bits per heavy atom. The van der Waals surface area contributed by atoms with Gasteiger partial charge in [-0.2, -0.15) is 0 Å². The molecule has 0 radical (unpaired) electrons. The number of benzene rings is 1. The molecule has 0 unspecified atom stereocenters. The number of amides is 1. The van der Waals surface area contributed by atoms with Gasteiger partial charge in [-0.05, 0) is 54.9 Å². The maximum absolute atomic E-state index is 12.4. The van der Waals surface area contributed by atoms with Crippen molar-refractivity contribution >= 4 is 21.8 Å². The molecule has 20 heavy (non-hydrogen) atoms. The quantitative estimate of drug-likeness (QED) is 0.915. The number of ether oxygens (including phenoxy) is 1. The van der Waals surface area contributed by atoms with Gasteiger partial charge in [0.2, 0.25) is 0 Å². The molecule has 0 bridgehead atoms. The molecular weight excluding hydrogens is 320 g/mol. The second kappa shape index (κ2) is 7.09. The summed E-state index contributed by atoms with van der Waals surface area (Å²) in [7, 11) is 1.94. The summed E-state index contributed by atoms with van der Waals surface area (Å²) in [6.07, 6.45) is 1.70. The third kappa shape index (κ3) is 3.73. The maximum atomic E-state index is 12.4. The van der Waals surface area contributed by atoms with Gasteiger partial charge in [-0.1, -0.05) is 12.1 Å². The molecule has 1 heterocycles. The summed E-state index contributed by atoms with van der Waals surface area (Å²) in [6, 6.07) is 7.98. The molecule has 0 saturated carbocycles. The molecule has 4 nitrogen and oxygen atoms in total. The molecular formula is C15H21BrN2O2. The number of rotatable bonds is 4. The lowest BCUT2D eigenvalue weighted by atomic mass is 10.1. The molecule has 2 atom stereocenters. The standard InChI is InChI=1S/C15H21BrN2O2/c1-11(20-14-8-4-3-7-13(14)16)15(19)18-9-5-6-12(10-18)17-2/h3-4,7-8,11-12,17H,5-6,9-10H2,1-2H3/t11-,12-/m0/s1. The van der Waals surface area contributed by atoms with Gasteiger partial charge in [0.25, 0.3) is 5.91 Å². The van der Waals surface area contributed by atoms with Crippen LogP contribution in [0.4, 0.5) is 0 Å². The average molecular weight is 341 g/mol. The molecule has 2 rings (SSSR count). The summed E-state index contributed by atoms with van der Waals surface area (Å²) >= 11 is 3.43. The second-order valence-electron chi connectivity index (χ2n) is 5.10. The fourth-order valence-corrected chi connectivity index (χ4v) is 2.83. The van der Waals surface area contributed by atoms with Gasteiger partial charge in [-0.3, -0.25) is 4.79 Å². The van der Waals surface area contributed by atoms with Crippen LogP contribution >= 0.6 is 15.9 Å². The van der Waals surface area contributed by atoms with Crippen LogP contribution in [0.3, 0.4) is 0 Å². The third-order valence-corrected chi connectivity index (χ3v) is 4.28. The van der Waals surface area contributed by atoms with Crippen LogP contribution < -0.4 is 10.1 Å². The van der Waals surface area contributed by atoms with E-state index < -0.39 is 6.10 Å². The first-order valence-corrected chi connectivity index (χ1v) is 7.78. The zero-order valence-electron chi connectivity index (χ0n) is 11.9. The van der Waals surface area contributed by atoms with Gasteiger partial charge < -0.3 is 15.0 Å². The normalized spacial score (nSPS) is 20.6. The lowest BCUT2D eigenvalue weighted by Crippen LogP contribution is -2.50. The van der Waals surface area contributed by atoms with E-state index in [2.05, 4.69) is 21.2 Å². The molecule has 1 aromatic carbocycles. The van der Waals surface area contributed by atoms with Crippen LogP contribution in [0.5, 0.6) is 5.75 Å². The summed E-state index contributed by atoms with van der Waals surface area (Å²) in [6.45, 7) is 3.39. The number of halogens is 1. The highest BCUT2D eigenvalue weighted by Gasteiger charge is 2.27. The molecule has 1 aromatic rings. The molecule has 1 amide bonds. The number of carbonyl (C=O) groups is 1. The Morgan fingerprint density at radius 1 is 1.50 bits per heavy atom. The first kappa shape index (κ1) is 15.3. The first-order chi connectivity index (χ1) is 9.61. The van der Waals surface area contributed by atoms with Crippen molar-refractivity contribution in [2.45, 2.75) is 31.9 Å². The molecule has 0 spiro atoms. The molecule has 1 aliphatic rings. The maximum Gasteiger partial charge on any atom is 0.263 e. The lowest BCUT2D eigenvalue weighted by molar-refractivity contribution is -0.139. The van der Waals surface area contributed by atoms with E-state index in [-0.39, 0.29) is 5.91 Å². The van der Waals surface area contributed by atoms with E-state index in [0.717, 1.165) is 30.4 Å². The van der Waals surface area contributed by atoms with Crippen molar-refractivity contribution < 1.29 is 9.53 Å². The van der Waals surface area contributed by atoms with Gasteiger partial charge in [0, 0.05) is 19.1 Å². The third-order valence-electron chi connectivity index (χ3n) is 3.63. The Kier molecular flexibility index (Phi) is 5.43. The van der Waals surface area contributed by atoms with Crippen LogP contribution in [0.25, 0.3) is 0 Å². The highest BCUT2D eigenvalue weighted by atomic mass is 79.9. The van der Waals surface area contributed by atoms with Crippen molar-refractivity contribution in [3.8, 4) is 5.75 Å². The zero-order chi connectivity index (χ0) is 14.5. The Labute approximate surface area is 128 Å². The van der Waals surface area contributed by atoms with Gasteiger partial charge in [-0.15, -0.1) is 0 Å². The Bertz CT molecular complexity index is 467. The van der Waals surface area contributed by atoms with E-state index in [0.29, 0.717) is 11.8 Å². The van der Waals surface area contributed by atoms with Gasteiger partial charge in [0.1, 0.15) is 5.75 Å². The van der Waals surface area contributed by atoms with Crippen LogP contribution in [0.2, 0.25) is 0 Å². The largest absolute Gasteiger partial charge is 0.480 e. The molecule has 1 aliphatic heterocycles. The van der Waals surface area contributed by atoms with E-state index in [1.54, 1.807) is 0 Å². The van der Waals surface area contributed by atoms with E-state index in [9.17, 15) is 4.79 Å². The number of likely N-dealkylation sites (tertiary alicyclic amines) is 1. The van der Waals surface area contributed by atoms with Crippen molar-refractivity contribution in [1.82, 2.24) is 10.2 Å². The Morgan fingerprint density at radius 3 is 2.95 bits per heavy atom. The number of hydrogen-bond donors (Lipinski definition) is 1. The van der Waals surface area contributed by atoms with E-state index in [1.165, 1.54) is 0 Å². The van der Waals surface area contributed by atoms with Crippen LogP contribution in [-0.4, -0.2) is 43.1 Å². The molecule has 1 saturated heterocycles. The Balaban J connectivity index is 1.96. The highest BCUT2D eigenvalue weighted by molar-refractivity contribution is 9.10.